The van der Waals surface area contributed by atoms with Gasteiger partial charge in [0.25, 0.3) is 0 Å². The summed E-state index contributed by atoms with van der Waals surface area (Å²) >= 11 is 0.612. The topological polar surface area (TPSA) is 0 Å². The van der Waals surface area contributed by atoms with Crippen molar-refractivity contribution >= 4 is 24.1 Å². The van der Waals surface area contributed by atoms with E-state index in [2.05, 4.69) is 36.1 Å². The van der Waals surface area contributed by atoms with E-state index in [4.69, 9.17) is 0 Å². The zero-order chi connectivity index (χ0) is 7.68. The van der Waals surface area contributed by atoms with Crippen LogP contribution >= 0.6 is 0 Å². The third kappa shape index (κ3) is 1.15. The number of hydrogen-bond donors (Lipinski definition) is 0. The van der Waals surface area contributed by atoms with E-state index in [9.17, 15) is 0 Å². The van der Waals surface area contributed by atoms with Gasteiger partial charge in [-0.1, -0.05) is 0 Å². The molecule has 0 nitrogen and oxygen atoms in total. The molecule has 0 atom stereocenters. The van der Waals surface area contributed by atoms with Crippen LogP contribution in [0.25, 0.3) is 9.65 Å². The molecule has 1 heteroatoms. The number of benzene rings is 1. The molecule has 0 spiro atoms. The van der Waals surface area contributed by atoms with Crippen LogP contribution in [0.4, 0.5) is 0 Å². The first-order chi connectivity index (χ1) is 5.42. The molecule has 0 aliphatic rings. The van der Waals surface area contributed by atoms with Crippen LogP contribution in [0.3, 0.4) is 0 Å². The van der Waals surface area contributed by atoms with Crippen LogP contribution in [-0.4, -0.2) is 14.5 Å². The van der Waals surface area contributed by atoms with Crippen molar-refractivity contribution in [2.45, 2.75) is 13.3 Å². The van der Waals surface area contributed by atoms with Crippen molar-refractivity contribution in [1.29, 1.82) is 0 Å². The first-order valence-electron chi connectivity index (χ1n) is 3.87. The monoisotopic (exact) mass is 210 g/mol. The summed E-state index contributed by atoms with van der Waals surface area (Å²) < 4.78 is 1.55. The molecule has 0 radical (unpaired) electrons. The van der Waals surface area contributed by atoms with Crippen LogP contribution in [0, 0.1) is 0 Å². The van der Waals surface area contributed by atoms with Crippen molar-refractivity contribution in [2.24, 2.45) is 0 Å². The quantitative estimate of drug-likeness (QED) is 0.633. The van der Waals surface area contributed by atoms with Gasteiger partial charge in [0.2, 0.25) is 0 Å². The molecule has 1 aromatic carbocycles. The van der Waals surface area contributed by atoms with E-state index in [0.29, 0.717) is 14.5 Å². The zero-order valence-corrected chi connectivity index (χ0v) is 8.22. The summed E-state index contributed by atoms with van der Waals surface area (Å²) in [6.07, 6.45) is 1.16. The Bertz CT molecular complexity index is 360. The van der Waals surface area contributed by atoms with Crippen molar-refractivity contribution in [2.75, 3.05) is 0 Å². The molecule has 0 aliphatic heterocycles. The number of rotatable bonds is 1. The van der Waals surface area contributed by atoms with E-state index in [-0.39, 0.29) is 0 Å². The number of hydrogen-bond acceptors (Lipinski definition) is 0. The third-order valence-corrected chi connectivity index (χ3v) is 3.82. The van der Waals surface area contributed by atoms with E-state index in [1.165, 1.54) is 10.9 Å². The summed E-state index contributed by atoms with van der Waals surface area (Å²) in [4.78, 5) is 2.30. The number of fused-ring (bicyclic) bond motifs is 1. The van der Waals surface area contributed by atoms with Crippen molar-refractivity contribution < 1.29 is 0 Å². The van der Waals surface area contributed by atoms with E-state index in [0.717, 1.165) is 6.42 Å². The Labute approximate surface area is 72.6 Å². The van der Waals surface area contributed by atoms with Crippen molar-refractivity contribution in [1.82, 2.24) is 0 Å². The Morgan fingerprint density at radius 1 is 1.27 bits per heavy atom. The number of aryl methyl sites for hydroxylation is 1. The van der Waals surface area contributed by atoms with Crippen molar-refractivity contribution in [3.8, 4) is 0 Å². The summed E-state index contributed by atoms with van der Waals surface area (Å²) in [6, 6.07) is 8.92. The average molecular weight is 209 g/mol. The molecular formula is C10H10Se. The van der Waals surface area contributed by atoms with Gasteiger partial charge in [0.05, 0.1) is 0 Å². The molecule has 0 aliphatic carbocycles. The van der Waals surface area contributed by atoms with E-state index in [1.807, 2.05) is 0 Å². The molecule has 2 aromatic rings. The van der Waals surface area contributed by atoms with Gasteiger partial charge in [-0.15, -0.1) is 0 Å². The second-order valence-electron chi connectivity index (χ2n) is 2.60. The predicted molar refractivity (Wildman–Crippen MR) is 50.3 cm³/mol. The fraction of sp³-hybridized carbons (Fsp3) is 0.200. The van der Waals surface area contributed by atoms with Gasteiger partial charge in [-0.2, -0.15) is 0 Å². The van der Waals surface area contributed by atoms with Gasteiger partial charge < -0.3 is 0 Å². The van der Waals surface area contributed by atoms with Gasteiger partial charge in [-0.25, -0.2) is 0 Å². The van der Waals surface area contributed by atoms with Gasteiger partial charge in [-0.05, 0) is 0 Å². The van der Waals surface area contributed by atoms with Gasteiger partial charge in [0, 0.05) is 0 Å². The Balaban J connectivity index is 2.79. The maximum absolute atomic E-state index is 2.30. The first kappa shape index (κ1) is 7.15. The molecule has 0 bridgehead atoms. The Morgan fingerprint density at radius 2 is 2.18 bits per heavy atom. The molecule has 0 unspecified atom stereocenters. The van der Waals surface area contributed by atoms with Crippen LogP contribution in [0.2, 0.25) is 0 Å². The van der Waals surface area contributed by atoms with Gasteiger partial charge >= 0.3 is 72.3 Å². The van der Waals surface area contributed by atoms with Crippen LogP contribution in [-0.2, 0) is 6.42 Å². The average Bonchev–Trinajstić information content (AvgIpc) is 2.50. The van der Waals surface area contributed by atoms with Crippen molar-refractivity contribution in [3.63, 3.8) is 0 Å². The molecule has 56 valence electrons. The Hall–Kier alpha value is -0.521. The predicted octanol–water partition coefficient (Wildman–Crippen LogP) is 2.46. The van der Waals surface area contributed by atoms with Gasteiger partial charge in [0.1, 0.15) is 0 Å². The minimum atomic E-state index is 0.612. The fourth-order valence-corrected chi connectivity index (χ4v) is 3.11. The molecule has 11 heavy (non-hydrogen) atoms. The first-order valence-corrected chi connectivity index (χ1v) is 5.71. The van der Waals surface area contributed by atoms with Crippen LogP contribution in [0.15, 0.2) is 29.2 Å². The normalized spacial score (nSPS) is 10.6. The van der Waals surface area contributed by atoms with Crippen molar-refractivity contribution in [3.05, 3.63) is 34.8 Å². The molecule has 0 N–H and O–H groups in total. The van der Waals surface area contributed by atoms with E-state index in [1.54, 1.807) is 4.26 Å². The van der Waals surface area contributed by atoms with Crippen LogP contribution in [0.5, 0.6) is 0 Å². The molecule has 2 rings (SSSR count). The summed E-state index contributed by atoms with van der Waals surface area (Å²) in [7, 11) is 0. The second kappa shape index (κ2) is 2.84. The summed E-state index contributed by atoms with van der Waals surface area (Å²) in [5.41, 5.74) is 1.50. The third-order valence-electron chi connectivity index (χ3n) is 1.97. The molecule has 0 amide bonds. The summed E-state index contributed by atoms with van der Waals surface area (Å²) in [5.74, 6) is 0. The molecule has 1 heterocycles. The van der Waals surface area contributed by atoms with Crippen LogP contribution < -0.4 is 0 Å². The van der Waals surface area contributed by atoms with E-state index >= 15 is 0 Å². The van der Waals surface area contributed by atoms with Gasteiger partial charge in [-0.3, -0.25) is 0 Å². The minimum absolute atomic E-state index is 0.612. The second-order valence-corrected chi connectivity index (χ2v) is 4.59. The maximum atomic E-state index is 2.30. The molecule has 0 fully saturated rings. The Kier molecular flexibility index (Phi) is 1.85. The Morgan fingerprint density at radius 3 is 3.00 bits per heavy atom. The van der Waals surface area contributed by atoms with Crippen LogP contribution in [0.1, 0.15) is 12.5 Å². The SMILES string of the molecule is CCc1cccc2[se]ccc12. The van der Waals surface area contributed by atoms with Gasteiger partial charge in [0.15, 0.2) is 0 Å². The fourth-order valence-electron chi connectivity index (χ4n) is 1.37. The molecular weight excluding hydrogens is 199 g/mol. The van der Waals surface area contributed by atoms with E-state index < -0.39 is 0 Å². The molecule has 0 saturated carbocycles. The molecule has 1 aromatic heterocycles. The standard InChI is InChI=1S/C10H10Se/c1-2-8-4-3-5-10-9(8)6-7-11-10/h3-7H,2H2,1H3. The zero-order valence-electron chi connectivity index (χ0n) is 6.50. The summed E-state index contributed by atoms with van der Waals surface area (Å²) in [5, 5.41) is 1.50. The molecule has 0 saturated heterocycles. The summed E-state index contributed by atoms with van der Waals surface area (Å²) in [6.45, 7) is 2.22.